The van der Waals surface area contributed by atoms with Crippen LogP contribution in [-0.4, -0.2) is 47.0 Å². The second kappa shape index (κ2) is 10.9. The van der Waals surface area contributed by atoms with Crippen molar-refractivity contribution in [3.05, 3.63) is 36.0 Å². The van der Waals surface area contributed by atoms with Gasteiger partial charge in [-0.1, -0.05) is 13.8 Å². The molecule has 0 saturated carbocycles. The monoisotopic (exact) mass is 494 g/mol. The van der Waals surface area contributed by atoms with Crippen molar-refractivity contribution in [2.24, 2.45) is 11.7 Å². The zero-order valence-electron chi connectivity index (χ0n) is 21.0. The molecule has 2 aromatic rings. The van der Waals surface area contributed by atoms with Gasteiger partial charge in [-0.15, -0.1) is 4.90 Å². The highest BCUT2D eigenvalue weighted by molar-refractivity contribution is 6.08. The Morgan fingerprint density at radius 1 is 1.11 bits per heavy atom. The number of imide groups is 1. The highest BCUT2D eigenvalue weighted by atomic mass is 19.1. The average Bonchev–Trinajstić information content (AvgIpc) is 2.72. The van der Waals surface area contributed by atoms with E-state index in [0.29, 0.717) is 17.2 Å². The summed E-state index contributed by atoms with van der Waals surface area (Å²) in [6.45, 7) is 10.6. The number of benzene rings is 1. The van der Waals surface area contributed by atoms with Gasteiger partial charge in [0.2, 0.25) is 5.95 Å². The number of ether oxygens (including phenoxy) is 3. The van der Waals surface area contributed by atoms with Crippen LogP contribution in [0.1, 0.15) is 48.0 Å². The zero-order chi connectivity index (χ0) is 26.6. The number of aromatic nitrogens is 2. The van der Waals surface area contributed by atoms with Gasteiger partial charge in [-0.05, 0) is 52.2 Å². The van der Waals surface area contributed by atoms with Gasteiger partial charge in [0, 0.05) is 23.4 Å². The minimum atomic E-state index is -1.11. The third-order valence-corrected chi connectivity index (χ3v) is 4.51. The third kappa shape index (κ3) is 7.84. The molecule has 192 valence electrons. The summed E-state index contributed by atoms with van der Waals surface area (Å²) < 4.78 is 45.0. The fraction of sp³-hybridized carbons (Fsp3) is 0.500. The number of hydrogen-bond acceptors (Lipinski definition) is 8. The van der Waals surface area contributed by atoms with E-state index in [9.17, 15) is 18.4 Å². The van der Waals surface area contributed by atoms with Gasteiger partial charge in [-0.25, -0.2) is 28.3 Å². The van der Waals surface area contributed by atoms with Crippen LogP contribution in [0.2, 0.25) is 0 Å². The maximum absolute atomic E-state index is 14.9. The lowest BCUT2D eigenvalue weighted by Crippen LogP contribution is -2.43. The predicted octanol–water partition coefficient (Wildman–Crippen LogP) is 5.07. The number of amides is 2. The normalized spacial score (nSPS) is 13.2. The summed E-state index contributed by atoms with van der Waals surface area (Å²) in [5, 5.41) is 0. The lowest BCUT2D eigenvalue weighted by molar-refractivity contribution is 0.0573. The Morgan fingerprint density at radius 2 is 1.77 bits per heavy atom. The fourth-order valence-corrected chi connectivity index (χ4v) is 3.31. The van der Waals surface area contributed by atoms with Crippen LogP contribution in [-0.2, 0) is 9.47 Å². The number of carbonyl (C=O) groups is 2. The molecule has 0 saturated heterocycles. The molecule has 1 aromatic heterocycles. The molecule has 1 aromatic carbocycles. The van der Waals surface area contributed by atoms with Crippen molar-refractivity contribution in [1.29, 1.82) is 0 Å². The number of nitrogens with zero attached hydrogens (tertiary/aromatic N) is 3. The highest BCUT2D eigenvalue weighted by Gasteiger charge is 2.32. The van der Waals surface area contributed by atoms with E-state index in [1.807, 2.05) is 13.8 Å². The molecule has 0 aliphatic heterocycles. The van der Waals surface area contributed by atoms with Crippen LogP contribution in [0.5, 0.6) is 5.75 Å². The van der Waals surface area contributed by atoms with E-state index in [4.69, 9.17) is 15.2 Å². The minimum Gasteiger partial charge on any atom is -0.489 e. The van der Waals surface area contributed by atoms with Crippen molar-refractivity contribution in [2.45, 2.75) is 59.1 Å². The second-order valence-electron chi connectivity index (χ2n) is 9.83. The first-order chi connectivity index (χ1) is 16.1. The van der Waals surface area contributed by atoms with Crippen molar-refractivity contribution in [2.75, 3.05) is 18.6 Å². The first-order valence-corrected chi connectivity index (χ1v) is 11.0. The van der Waals surface area contributed by atoms with Crippen molar-refractivity contribution in [3.63, 3.8) is 0 Å². The summed E-state index contributed by atoms with van der Waals surface area (Å²) in [7, 11) is 1.06. The molecule has 2 amide bonds. The molecule has 0 radical (unpaired) electrons. The maximum atomic E-state index is 14.9. The van der Waals surface area contributed by atoms with E-state index >= 15 is 0 Å². The number of rotatable bonds is 7. The minimum absolute atomic E-state index is 0.0114. The first-order valence-electron chi connectivity index (χ1n) is 11.0. The molecule has 11 heteroatoms. The van der Waals surface area contributed by atoms with Gasteiger partial charge in [0.05, 0.1) is 12.8 Å². The van der Waals surface area contributed by atoms with E-state index in [1.54, 1.807) is 27.7 Å². The molecule has 0 fully saturated rings. The lowest BCUT2D eigenvalue weighted by Gasteiger charge is -2.26. The molecule has 35 heavy (non-hydrogen) atoms. The zero-order valence-corrected chi connectivity index (χ0v) is 21.0. The van der Waals surface area contributed by atoms with Gasteiger partial charge in [0.1, 0.15) is 18.0 Å². The van der Waals surface area contributed by atoms with Crippen molar-refractivity contribution < 1.29 is 32.6 Å². The van der Waals surface area contributed by atoms with Crippen LogP contribution in [0.25, 0.3) is 11.3 Å². The van der Waals surface area contributed by atoms with Gasteiger partial charge >= 0.3 is 12.2 Å². The van der Waals surface area contributed by atoms with Crippen molar-refractivity contribution in [3.8, 4) is 17.0 Å². The topological polar surface area (TPSA) is 117 Å². The second-order valence-corrected chi connectivity index (χ2v) is 9.83. The van der Waals surface area contributed by atoms with Gasteiger partial charge < -0.3 is 19.9 Å². The van der Waals surface area contributed by atoms with Gasteiger partial charge in [0.15, 0.2) is 11.6 Å². The quantitative estimate of drug-likeness (QED) is 0.567. The fourth-order valence-electron chi connectivity index (χ4n) is 3.31. The van der Waals surface area contributed by atoms with E-state index in [0.717, 1.165) is 19.2 Å². The summed E-state index contributed by atoms with van der Waals surface area (Å²) in [4.78, 5) is 33.2. The molecule has 0 spiro atoms. The number of hydrogen-bond donors (Lipinski definition) is 1. The van der Waals surface area contributed by atoms with Gasteiger partial charge in [-0.3, -0.25) is 0 Å². The standard InChI is InChI=1S/C24H32F2N4O5/c1-14(2)12-24(6,27)13-34-19-11-16(25)15(10-17(19)26)18-8-9-28-20(29-18)30(21(31)33-7)22(32)35-23(3,4)5/h8-11,14H,12-13,27H2,1-7H3/t24-/m0/s1. The average molecular weight is 495 g/mol. The van der Waals surface area contributed by atoms with Crippen molar-refractivity contribution in [1.82, 2.24) is 9.97 Å². The molecule has 1 heterocycles. The molecule has 9 nitrogen and oxygen atoms in total. The van der Waals surface area contributed by atoms with Crippen LogP contribution < -0.4 is 15.4 Å². The summed E-state index contributed by atoms with van der Waals surface area (Å²) in [6, 6.07) is 3.10. The molecule has 1 atom stereocenters. The van der Waals surface area contributed by atoms with Gasteiger partial charge in [0.25, 0.3) is 0 Å². The Morgan fingerprint density at radius 3 is 2.34 bits per heavy atom. The smallest absolute Gasteiger partial charge is 0.427 e. The molecule has 2 N–H and O–H groups in total. The summed E-state index contributed by atoms with van der Waals surface area (Å²) >= 11 is 0. The molecular weight excluding hydrogens is 462 g/mol. The number of anilines is 1. The Balaban J connectivity index is 2.37. The number of carbonyl (C=O) groups excluding carboxylic acids is 2. The summed E-state index contributed by atoms with van der Waals surface area (Å²) in [5.41, 5.74) is 4.21. The van der Waals surface area contributed by atoms with E-state index < -0.39 is 40.9 Å². The maximum Gasteiger partial charge on any atom is 0.427 e. The molecule has 0 unspecified atom stereocenters. The number of methoxy groups -OCH3 is 1. The van der Waals surface area contributed by atoms with Crippen LogP contribution in [0, 0.1) is 17.6 Å². The van der Waals surface area contributed by atoms with Crippen LogP contribution in [0.3, 0.4) is 0 Å². The number of nitrogens with two attached hydrogens (primary N) is 1. The predicted molar refractivity (Wildman–Crippen MR) is 126 cm³/mol. The number of halogens is 2. The molecule has 0 bridgehead atoms. The van der Waals surface area contributed by atoms with Crippen LogP contribution >= 0.6 is 0 Å². The lowest BCUT2D eigenvalue weighted by atomic mass is 9.93. The molecule has 0 aliphatic carbocycles. The summed E-state index contributed by atoms with van der Waals surface area (Å²) in [5.74, 6) is -2.11. The SMILES string of the molecule is COC(=O)N(C(=O)OC(C)(C)C)c1nccc(-c2cc(F)c(OC[C@@](C)(N)CC(C)C)cc2F)n1. The van der Waals surface area contributed by atoms with Gasteiger partial charge in [-0.2, -0.15) is 0 Å². The molecule has 2 rings (SSSR count). The summed E-state index contributed by atoms with van der Waals surface area (Å²) in [6.07, 6.45) is -0.389. The first kappa shape index (κ1) is 27.9. The largest absolute Gasteiger partial charge is 0.489 e. The Hall–Kier alpha value is -3.34. The van der Waals surface area contributed by atoms with Crippen LogP contribution in [0.15, 0.2) is 24.4 Å². The molecular formula is C24H32F2N4O5. The Bertz CT molecular complexity index is 1070. The Labute approximate surface area is 203 Å². The third-order valence-electron chi connectivity index (χ3n) is 4.51. The molecule has 0 aliphatic rings. The van der Waals surface area contributed by atoms with Crippen molar-refractivity contribution >= 4 is 18.1 Å². The van der Waals surface area contributed by atoms with E-state index in [1.165, 1.54) is 12.3 Å². The van der Waals surface area contributed by atoms with E-state index in [-0.39, 0.29) is 23.6 Å². The highest BCUT2D eigenvalue weighted by Crippen LogP contribution is 2.30. The van der Waals surface area contributed by atoms with E-state index in [2.05, 4.69) is 14.7 Å². The van der Waals surface area contributed by atoms with Crippen LogP contribution in [0.4, 0.5) is 24.3 Å². The Kier molecular flexibility index (Phi) is 8.72.